The summed E-state index contributed by atoms with van der Waals surface area (Å²) in [5.74, 6) is -0.0284. The molecule has 0 aromatic carbocycles. The minimum Gasteiger partial charge on any atom is -0.469 e. The fraction of sp³-hybridized carbons (Fsp3) is 0.357. The average molecular weight is 308 g/mol. The van der Waals surface area contributed by atoms with Crippen LogP contribution in [0.15, 0.2) is 28.2 Å². The Bertz CT molecular complexity index is 606. The second-order valence-electron chi connectivity index (χ2n) is 4.42. The summed E-state index contributed by atoms with van der Waals surface area (Å²) >= 11 is 1.09. The predicted octanol–water partition coefficient (Wildman–Crippen LogP) is 2.27. The van der Waals surface area contributed by atoms with Crippen LogP contribution in [-0.4, -0.2) is 29.5 Å². The number of thiazole rings is 1. The Morgan fingerprint density at radius 1 is 1.52 bits per heavy atom. The maximum atomic E-state index is 12.0. The number of aromatic nitrogens is 1. The van der Waals surface area contributed by atoms with Gasteiger partial charge < -0.3 is 14.5 Å². The molecule has 112 valence electrons. The summed E-state index contributed by atoms with van der Waals surface area (Å²) in [6.45, 7) is 3.87. The number of esters is 1. The van der Waals surface area contributed by atoms with Gasteiger partial charge in [-0.25, -0.2) is 9.78 Å². The zero-order valence-electron chi connectivity index (χ0n) is 11.8. The fourth-order valence-corrected chi connectivity index (χ4v) is 2.43. The lowest BCUT2D eigenvalue weighted by Gasteiger charge is -2.11. The van der Waals surface area contributed by atoms with Gasteiger partial charge in [-0.2, -0.15) is 0 Å². The molecular weight excluding hydrogens is 292 g/mol. The molecule has 0 aliphatic rings. The first kappa shape index (κ1) is 15.2. The van der Waals surface area contributed by atoms with Gasteiger partial charge in [-0.1, -0.05) is 0 Å². The second kappa shape index (κ2) is 7.03. The molecular formula is C14H16N2O4S. The van der Waals surface area contributed by atoms with E-state index in [-0.39, 0.29) is 29.3 Å². The molecule has 0 aliphatic heterocycles. The van der Waals surface area contributed by atoms with E-state index in [0.29, 0.717) is 6.42 Å². The smallest absolute Gasteiger partial charge is 0.367 e. The van der Waals surface area contributed by atoms with E-state index < -0.39 is 5.97 Å². The van der Waals surface area contributed by atoms with Crippen molar-refractivity contribution in [2.45, 2.75) is 26.3 Å². The van der Waals surface area contributed by atoms with Gasteiger partial charge in [0.2, 0.25) is 5.01 Å². The van der Waals surface area contributed by atoms with E-state index in [2.05, 4.69) is 10.3 Å². The summed E-state index contributed by atoms with van der Waals surface area (Å²) in [6.07, 6.45) is 2.18. The molecule has 0 radical (unpaired) electrons. The maximum absolute atomic E-state index is 12.0. The van der Waals surface area contributed by atoms with Crippen LogP contribution in [0.3, 0.4) is 0 Å². The number of furan rings is 1. The van der Waals surface area contributed by atoms with Gasteiger partial charge in [0.15, 0.2) is 0 Å². The number of nitrogens with one attached hydrogen (secondary N) is 1. The van der Waals surface area contributed by atoms with E-state index in [0.717, 1.165) is 17.1 Å². The summed E-state index contributed by atoms with van der Waals surface area (Å²) in [4.78, 5) is 27.5. The first-order chi connectivity index (χ1) is 10.1. The first-order valence-electron chi connectivity index (χ1n) is 6.56. The number of carbonyl (C=O) groups excluding carboxylic acids is 2. The highest BCUT2D eigenvalue weighted by atomic mass is 32.1. The van der Waals surface area contributed by atoms with Crippen LogP contribution in [0.2, 0.25) is 0 Å². The summed E-state index contributed by atoms with van der Waals surface area (Å²) in [5, 5.41) is 4.54. The molecule has 0 saturated heterocycles. The van der Waals surface area contributed by atoms with Gasteiger partial charge in [-0.05, 0) is 26.0 Å². The van der Waals surface area contributed by atoms with Crippen LogP contribution in [0.1, 0.15) is 39.9 Å². The Kier molecular flexibility index (Phi) is 5.10. The van der Waals surface area contributed by atoms with Crippen molar-refractivity contribution in [3.8, 4) is 0 Å². The number of rotatable bonds is 6. The number of ether oxygens (including phenoxy) is 1. The van der Waals surface area contributed by atoms with Crippen molar-refractivity contribution in [2.24, 2.45) is 0 Å². The summed E-state index contributed by atoms with van der Waals surface area (Å²) in [7, 11) is 0. The Labute approximate surface area is 126 Å². The molecule has 2 aromatic heterocycles. The van der Waals surface area contributed by atoms with Crippen LogP contribution in [0, 0.1) is 0 Å². The molecule has 0 fully saturated rings. The van der Waals surface area contributed by atoms with Crippen LogP contribution in [-0.2, 0) is 11.2 Å². The van der Waals surface area contributed by atoms with Gasteiger partial charge in [0, 0.05) is 17.8 Å². The molecule has 2 aromatic rings. The summed E-state index contributed by atoms with van der Waals surface area (Å²) < 4.78 is 10.1. The Hall–Kier alpha value is -2.15. The number of hydrogen-bond donors (Lipinski definition) is 1. The minimum atomic E-state index is -0.509. The molecule has 1 unspecified atom stereocenters. The molecule has 2 rings (SSSR count). The fourth-order valence-electron chi connectivity index (χ4n) is 1.74. The molecule has 2 heterocycles. The summed E-state index contributed by atoms with van der Waals surface area (Å²) in [6, 6.07) is 3.55. The van der Waals surface area contributed by atoms with Gasteiger partial charge in [-0.3, -0.25) is 4.79 Å². The SMILES string of the molecule is CCOC(=O)c1nc(C(=O)NC(C)Cc2ccco2)cs1. The first-order valence-corrected chi connectivity index (χ1v) is 7.44. The lowest BCUT2D eigenvalue weighted by molar-refractivity contribution is 0.0526. The number of carbonyl (C=O) groups is 2. The lowest BCUT2D eigenvalue weighted by Crippen LogP contribution is -2.34. The molecule has 0 bridgehead atoms. The second-order valence-corrected chi connectivity index (χ2v) is 5.27. The van der Waals surface area contributed by atoms with Crippen molar-refractivity contribution in [3.63, 3.8) is 0 Å². The Morgan fingerprint density at radius 3 is 3.00 bits per heavy atom. The van der Waals surface area contributed by atoms with Crippen molar-refractivity contribution in [1.82, 2.24) is 10.3 Å². The van der Waals surface area contributed by atoms with E-state index in [1.165, 1.54) is 0 Å². The van der Waals surface area contributed by atoms with Crippen LogP contribution < -0.4 is 5.32 Å². The maximum Gasteiger partial charge on any atom is 0.367 e. The standard InChI is InChI=1S/C14H16N2O4S/c1-3-19-14(18)13-16-11(8-21-13)12(17)15-9(2)7-10-5-4-6-20-10/h4-6,8-9H,3,7H2,1-2H3,(H,15,17). The molecule has 7 heteroatoms. The number of amides is 1. The average Bonchev–Trinajstić information content (AvgIpc) is 3.09. The van der Waals surface area contributed by atoms with Crippen LogP contribution >= 0.6 is 11.3 Å². The van der Waals surface area contributed by atoms with Crippen LogP contribution in [0.25, 0.3) is 0 Å². The molecule has 1 amide bonds. The van der Waals surface area contributed by atoms with Crippen LogP contribution in [0.5, 0.6) is 0 Å². The topological polar surface area (TPSA) is 81.4 Å². The van der Waals surface area contributed by atoms with Crippen molar-refractivity contribution in [2.75, 3.05) is 6.61 Å². The Morgan fingerprint density at radius 2 is 2.33 bits per heavy atom. The van der Waals surface area contributed by atoms with Crippen molar-refractivity contribution in [1.29, 1.82) is 0 Å². The van der Waals surface area contributed by atoms with E-state index >= 15 is 0 Å². The van der Waals surface area contributed by atoms with E-state index in [1.54, 1.807) is 24.6 Å². The Balaban J connectivity index is 1.92. The molecule has 1 N–H and O–H groups in total. The number of nitrogens with zero attached hydrogens (tertiary/aromatic N) is 1. The van der Waals surface area contributed by atoms with Crippen molar-refractivity contribution < 1.29 is 18.7 Å². The highest BCUT2D eigenvalue weighted by Crippen LogP contribution is 2.12. The van der Waals surface area contributed by atoms with Crippen molar-refractivity contribution in [3.05, 3.63) is 40.2 Å². The third kappa shape index (κ3) is 4.16. The minimum absolute atomic E-state index is 0.101. The zero-order chi connectivity index (χ0) is 15.2. The molecule has 1 atom stereocenters. The highest BCUT2D eigenvalue weighted by molar-refractivity contribution is 7.11. The zero-order valence-corrected chi connectivity index (χ0v) is 12.6. The van der Waals surface area contributed by atoms with Gasteiger partial charge in [0.05, 0.1) is 12.9 Å². The van der Waals surface area contributed by atoms with Crippen molar-refractivity contribution >= 4 is 23.2 Å². The number of hydrogen-bond acceptors (Lipinski definition) is 6. The summed E-state index contributed by atoms with van der Waals surface area (Å²) in [5.41, 5.74) is 0.217. The van der Waals surface area contributed by atoms with Crippen LogP contribution in [0.4, 0.5) is 0 Å². The molecule has 0 spiro atoms. The molecule has 21 heavy (non-hydrogen) atoms. The highest BCUT2D eigenvalue weighted by Gasteiger charge is 2.18. The predicted molar refractivity (Wildman–Crippen MR) is 77.4 cm³/mol. The van der Waals surface area contributed by atoms with Gasteiger partial charge >= 0.3 is 5.97 Å². The largest absolute Gasteiger partial charge is 0.469 e. The monoisotopic (exact) mass is 308 g/mol. The quantitative estimate of drug-likeness (QED) is 0.828. The third-order valence-electron chi connectivity index (χ3n) is 2.65. The van der Waals surface area contributed by atoms with Gasteiger partial charge in [0.1, 0.15) is 11.5 Å². The molecule has 0 saturated carbocycles. The van der Waals surface area contributed by atoms with E-state index in [4.69, 9.17) is 9.15 Å². The lowest BCUT2D eigenvalue weighted by atomic mass is 10.2. The van der Waals surface area contributed by atoms with Gasteiger partial charge in [0.25, 0.3) is 5.91 Å². The molecule has 6 nitrogen and oxygen atoms in total. The van der Waals surface area contributed by atoms with E-state index in [1.807, 2.05) is 13.0 Å². The molecule has 0 aliphatic carbocycles. The van der Waals surface area contributed by atoms with E-state index in [9.17, 15) is 9.59 Å². The third-order valence-corrected chi connectivity index (χ3v) is 3.47. The van der Waals surface area contributed by atoms with Gasteiger partial charge in [-0.15, -0.1) is 11.3 Å². The normalized spacial score (nSPS) is 11.9.